The van der Waals surface area contributed by atoms with Gasteiger partial charge < -0.3 is 5.73 Å². The molecule has 2 nitrogen and oxygen atoms in total. The zero-order valence-electron chi connectivity index (χ0n) is 5.04. The fourth-order valence-corrected chi connectivity index (χ4v) is 1.35. The highest BCUT2D eigenvalue weighted by Gasteiger charge is 1.99. The van der Waals surface area contributed by atoms with Gasteiger partial charge in [0.1, 0.15) is 4.99 Å². The number of hydrogen-bond acceptors (Lipinski definition) is 2. The van der Waals surface area contributed by atoms with Crippen molar-refractivity contribution in [3.8, 4) is 0 Å². The van der Waals surface area contributed by atoms with Crippen LogP contribution in [0.3, 0.4) is 0 Å². The van der Waals surface area contributed by atoms with Crippen molar-refractivity contribution in [1.29, 1.82) is 0 Å². The summed E-state index contributed by atoms with van der Waals surface area (Å²) in [6.07, 6.45) is 3.31. The van der Waals surface area contributed by atoms with Gasteiger partial charge in [-0.25, -0.2) is 0 Å². The van der Waals surface area contributed by atoms with Gasteiger partial charge in [0.2, 0.25) is 0 Å². The zero-order chi connectivity index (χ0) is 7.56. The fraction of sp³-hybridized carbons (Fsp3) is 0. The molecular weight excluding hydrogens is 212 g/mol. The predicted octanol–water partition coefficient (Wildman–Crippen LogP) is 1.48. The van der Waals surface area contributed by atoms with Crippen molar-refractivity contribution in [3.05, 3.63) is 28.5 Å². The third kappa shape index (κ3) is 1.52. The van der Waals surface area contributed by atoms with Crippen LogP contribution in [-0.2, 0) is 0 Å². The van der Waals surface area contributed by atoms with Crippen LogP contribution >= 0.6 is 28.1 Å². The van der Waals surface area contributed by atoms with E-state index < -0.39 is 0 Å². The second-order valence-corrected chi connectivity index (χ2v) is 3.01. The summed E-state index contributed by atoms with van der Waals surface area (Å²) < 4.78 is 0.836. The molecule has 1 aromatic heterocycles. The Bertz CT molecular complexity index is 262. The van der Waals surface area contributed by atoms with Crippen LogP contribution in [0, 0.1) is 0 Å². The Morgan fingerprint density at radius 1 is 1.70 bits per heavy atom. The van der Waals surface area contributed by atoms with Crippen molar-refractivity contribution in [1.82, 2.24) is 4.98 Å². The molecule has 1 rings (SSSR count). The number of rotatable bonds is 1. The fourth-order valence-electron chi connectivity index (χ4n) is 0.575. The van der Waals surface area contributed by atoms with E-state index in [-0.39, 0.29) is 0 Å². The first-order chi connectivity index (χ1) is 4.72. The lowest BCUT2D eigenvalue weighted by atomic mass is 10.3. The van der Waals surface area contributed by atoms with Gasteiger partial charge in [-0.15, -0.1) is 0 Å². The Balaban J connectivity index is 3.15. The summed E-state index contributed by atoms with van der Waals surface area (Å²) in [5.41, 5.74) is 6.21. The third-order valence-corrected chi connectivity index (χ3v) is 1.89. The molecule has 0 atom stereocenters. The number of aromatic nitrogens is 1. The van der Waals surface area contributed by atoms with Crippen molar-refractivity contribution in [2.24, 2.45) is 5.73 Å². The van der Waals surface area contributed by atoms with Crippen molar-refractivity contribution in [2.75, 3.05) is 0 Å². The number of nitrogens with two attached hydrogens (primary N) is 1. The molecule has 0 aliphatic rings. The first-order valence-corrected chi connectivity index (χ1v) is 3.81. The highest BCUT2D eigenvalue weighted by molar-refractivity contribution is 9.10. The average Bonchev–Trinajstić information content (AvgIpc) is 1.88. The zero-order valence-corrected chi connectivity index (χ0v) is 7.45. The molecule has 0 fully saturated rings. The molecule has 0 aliphatic heterocycles. The SMILES string of the molecule is NC(=S)c1ccncc1Br. The Labute approximate surface area is 72.6 Å². The summed E-state index contributed by atoms with van der Waals surface area (Å²) in [6.45, 7) is 0. The van der Waals surface area contributed by atoms with Crippen molar-refractivity contribution < 1.29 is 0 Å². The number of nitrogens with zero attached hydrogens (tertiary/aromatic N) is 1. The molecule has 1 aromatic rings. The Hall–Kier alpha value is -0.480. The minimum atomic E-state index is 0.384. The maximum absolute atomic E-state index is 5.39. The van der Waals surface area contributed by atoms with Crippen LogP contribution in [0.4, 0.5) is 0 Å². The first kappa shape index (κ1) is 7.63. The monoisotopic (exact) mass is 216 g/mol. The Morgan fingerprint density at radius 2 is 2.40 bits per heavy atom. The van der Waals surface area contributed by atoms with Crippen molar-refractivity contribution >= 4 is 33.1 Å². The van der Waals surface area contributed by atoms with E-state index in [1.165, 1.54) is 0 Å². The van der Waals surface area contributed by atoms with E-state index in [4.69, 9.17) is 18.0 Å². The van der Waals surface area contributed by atoms with Gasteiger partial charge in [0.05, 0.1) is 0 Å². The van der Waals surface area contributed by atoms with Gasteiger partial charge in [0.15, 0.2) is 0 Å². The Kier molecular flexibility index (Phi) is 2.34. The molecule has 0 saturated heterocycles. The minimum absolute atomic E-state index is 0.384. The predicted molar refractivity (Wildman–Crippen MR) is 47.8 cm³/mol. The second kappa shape index (κ2) is 3.07. The topological polar surface area (TPSA) is 38.9 Å². The summed E-state index contributed by atoms with van der Waals surface area (Å²) in [6, 6.07) is 1.77. The molecule has 0 bridgehead atoms. The van der Waals surface area contributed by atoms with Crippen LogP contribution in [0.15, 0.2) is 22.9 Å². The molecule has 0 amide bonds. The molecule has 10 heavy (non-hydrogen) atoms. The standard InChI is InChI=1S/C6H5BrN2S/c7-5-3-9-2-1-4(5)6(8)10/h1-3H,(H2,8,10). The quantitative estimate of drug-likeness (QED) is 0.724. The average molecular weight is 217 g/mol. The van der Waals surface area contributed by atoms with Crippen LogP contribution in [0.2, 0.25) is 0 Å². The molecule has 0 saturated carbocycles. The second-order valence-electron chi connectivity index (χ2n) is 1.72. The lowest BCUT2D eigenvalue weighted by Gasteiger charge is -1.97. The molecule has 0 unspecified atom stereocenters. The van der Waals surface area contributed by atoms with E-state index in [1.54, 1.807) is 18.5 Å². The highest BCUT2D eigenvalue weighted by Crippen LogP contribution is 2.13. The van der Waals surface area contributed by atoms with Gasteiger partial charge in [0, 0.05) is 22.4 Å². The molecule has 0 aromatic carbocycles. The van der Waals surface area contributed by atoms with Gasteiger partial charge in [-0.2, -0.15) is 0 Å². The van der Waals surface area contributed by atoms with Crippen molar-refractivity contribution in [2.45, 2.75) is 0 Å². The van der Waals surface area contributed by atoms with Gasteiger partial charge in [-0.3, -0.25) is 4.98 Å². The largest absolute Gasteiger partial charge is 0.389 e. The summed E-state index contributed by atoms with van der Waals surface area (Å²) >= 11 is 8.04. The number of thiocarbonyl (C=S) groups is 1. The molecule has 2 N–H and O–H groups in total. The molecular formula is C6H5BrN2S. The summed E-state index contributed by atoms with van der Waals surface area (Å²) in [5.74, 6) is 0. The lowest BCUT2D eigenvalue weighted by molar-refractivity contribution is 1.30. The van der Waals surface area contributed by atoms with Crippen LogP contribution in [0.25, 0.3) is 0 Å². The minimum Gasteiger partial charge on any atom is -0.389 e. The van der Waals surface area contributed by atoms with Gasteiger partial charge >= 0.3 is 0 Å². The first-order valence-electron chi connectivity index (χ1n) is 2.61. The summed E-state index contributed by atoms with van der Waals surface area (Å²) in [7, 11) is 0. The van der Waals surface area contributed by atoms with E-state index in [2.05, 4.69) is 20.9 Å². The van der Waals surface area contributed by atoms with E-state index >= 15 is 0 Å². The molecule has 1 heterocycles. The van der Waals surface area contributed by atoms with E-state index in [0.717, 1.165) is 10.0 Å². The van der Waals surface area contributed by atoms with Crippen molar-refractivity contribution in [3.63, 3.8) is 0 Å². The van der Waals surface area contributed by atoms with E-state index in [0.29, 0.717) is 4.99 Å². The number of hydrogen-bond donors (Lipinski definition) is 1. The third-order valence-electron chi connectivity index (χ3n) is 1.04. The normalized spacial score (nSPS) is 9.30. The smallest absolute Gasteiger partial charge is 0.105 e. The molecule has 4 heteroatoms. The summed E-state index contributed by atoms with van der Waals surface area (Å²) in [4.78, 5) is 4.25. The lowest BCUT2D eigenvalue weighted by Crippen LogP contribution is -2.09. The van der Waals surface area contributed by atoms with Crippen LogP contribution in [0.5, 0.6) is 0 Å². The maximum atomic E-state index is 5.39. The maximum Gasteiger partial charge on any atom is 0.105 e. The summed E-state index contributed by atoms with van der Waals surface area (Å²) in [5, 5.41) is 0. The van der Waals surface area contributed by atoms with Crippen LogP contribution in [0.1, 0.15) is 5.56 Å². The highest BCUT2D eigenvalue weighted by atomic mass is 79.9. The van der Waals surface area contributed by atoms with Gasteiger partial charge in [-0.1, -0.05) is 12.2 Å². The van der Waals surface area contributed by atoms with Gasteiger partial charge in [0.25, 0.3) is 0 Å². The Morgan fingerprint density at radius 3 is 2.80 bits per heavy atom. The number of halogens is 1. The molecule has 0 aliphatic carbocycles. The van der Waals surface area contributed by atoms with Crippen LogP contribution in [-0.4, -0.2) is 9.97 Å². The molecule has 0 radical (unpaired) electrons. The van der Waals surface area contributed by atoms with E-state index in [9.17, 15) is 0 Å². The molecule has 52 valence electrons. The number of pyridine rings is 1. The molecule has 0 spiro atoms. The van der Waals surface area contributed by atoms with Gasteiger partial charge in [-0.05, 0) is 22.0 Å². The van der Waals surface area contributed by atoms with Crippen LogP contribution < -0.4 is 5.73 Å². The van der Waals surface area contributed by atoms with E-state index in [1.807, 2.05) is 0 Å².